The predicted octanol–water partition coefficient (Wildman–Crippen LogP) is 0.0126. The molecule has 1 aliphatic rings. The first-order valence-corrected chi connectivity index (χ1v) is 7.16. The molecule has 2 aromatic heterocycles. The molecule has 2 aromatic rings. The Balaban J connectivity index is 1.48. The van der Waals surface area contributed by atoms with Crippen LogP contribution in [0.15, 0.2) is 37.2 Å². The van der Waals surface area contributed by atoms with Gasteiger partial charge in [0.1, 0.15) is 12.7 Å². The number of aromatic nitrogens is 4. The summed E-state index contributed by atoms with van der Waals surface area (Å²) in [6.07, 6.45) is 6.48. The van der Waals surface area contributed by atoms with Gasteiger partial charge in [0.15, 0.2) is 0 Å². The summed E-state index contributed by atoms with van der Waals surface area (Å²) in [6, 6.07) is 3.61. The van der Waals surface area contributed by atoms with Crippen LogP contribution in [0.1, 0.15) is 0 Å². The van der Waals surface area contributed by atoms with E-state index >= 15 is 0 Å². The van der Waals surface area contributed by atoms with Crippen LogP contribution in [0.3, 0.4) is 0 Å². The number of morpholine rings is 1. The number of anilines is 1. The lowest BCUT2D eigenvalue weighted by Crippen LogP contribution is -2.47. The highest BCUT2D eigenvalue weighted by atomic mass is 16.5. The molecule has 0 radical (unpaired) electrons. The Hall–Kier alpha value is -2.32. The highest BCUT2D eigenvalue weighted by molar-refractivity contribution is 5.92. The van der Waals surface area contributed by atoms with Crippen LogP contribution >= 0.6 is 0 Å². The van der Waals surface area contributed by atoms with Crippen molar-refractivity contribution in [1.29, 1.82) is 0 Å². The van der Waals surface area contributed by atoms with Crippen LogP contribution in [-0.4, -0.2) is 62.9 Å². The number of ether oxygens (including phenoxy) is 1. The lowest BCUT2D eigenvalue weighted by Gasteiger charge is -2.32. The van der Waals surface area contributed by atoms with Crippen molar-refractivity contribution < 1.29 is 9.53 Å². The number of pyridine rings is 1. The van der Waals surface area contributed by atoms with Crippen molar-refractivity contribution in [1.82, 2.24) is 24.6 Å². The molecule has 1 N–H and O–H groups in total. The zero-order valence-electron chi connectivity index (χ0n) is 12.1. The van der Waals surface area contributed by atoms with Crippen molar-refractivity contribution in [2.75, 3.05) is 31.6 Å². The molecule has 116 valence electrons. The summed E-state index contributed by atoms with van der Waals surface area (Å²) in [5.74, 6) is -0.0468. The number of carbonyl (C=O) groups is 1. The first-order valence-electron chi connectivity index (χ1n) is 7.16. The van der Waals surface area contributed by atoms with Gasteiger partial charge in [0.25, 0.3) is 0 Å². The van der Waals surface area contributed by atoms with Crippen LogP contribution in [-0.2, 0) is 16.1 Å². The standard InChI is InChI=1S/C14H18N6O2/c21-14(18-12-2-1-3-15-6-12)9-19-4-5-22-13(7-19)8-20-11-16-10-17-20/h1-3,6,10-11,13H,4-5,7-9H2,(H,18,21)/t13-/m1/s1. The first-order chi connectivity index (χ1) is 10.8. The fraction of sp³-hybridized carbons (Fsp3) is 0.429. The Bertz CT molecular complexity index is 589. The highest BCUT2D eigenvalue weighted by Gasteiger charge is 2.22. The van der Waals surface area contributed by atoms with Gasteiger partial charge in [-0.3, -0.25) is 19.4 Å². The molecule has 0 bridgehead atoms. The van der Waals surface area contributed by atoms with E-state index in [-0.39, 0.29) is 12.0 Å². The molecule has 0 saturated carbocycles. The number of rotatable bonds is 5. The van der Waals surface area contributed by atoms with E-state index in [1.54, 1.807) is 29.5 Å². The first kappa shape index (κ1) is 14.6. The summed E-state index contributed by atoms with van der Waals surface area (Å²) in [5.41, 5.74) is 0.708. The second-order valence-corrected chi connectivity index (χ2v) is 5.14. The molecule has 1 aliphatic heterocycles. The SMILES string of the molecule is O=C(CN1CCO[C@@H](Cn2cncn2)C1)Nc1cccnc1. The molecule has 0 spiro atoms. The average molecular weight is 302 g/mol. The van der Waals surface area contributed by atoms with Gasteiger partial charge in [0, 0.05) is 19.3 Å². The van der Waals surface area contributed by atoms with Crippen molar-refractivity contribution in [2.24, 2.45) is 0 Å². The van der Waals surface area contributed by atoms with Crippen molar-refractivity contribution >= 4 is 11.6 Å². The fourth-order valence-electron chi connectivity index (χ4n) is 2.41. The van der Waals surface area contributed by atoms with Crippen LogP contribution in [0, 0.1) is 0 Å². The molecule has 1 fully saturated rings. The summed E-state index contributed by atoms with van der Waals surface area (Å²) < 4.78 is 7.45. The molecule has 1 amide bonds. The molecule has 3 heterocycles. The Morgan fingerprint density at radius 3 is 3.18 bits per heavy atom. The Labute approximate surface area is 128 Å². The Morgan fingerprint density at radius 2 is 2.41 bits per heavy atom. The lowest BCUT2D eigenvalue weighted by atomic mass is 10.2. The number of nitrogens with one attached hydrogen (secondary N) is 1. The summed E-state index contributed by atoms with van der Waals surface area (Å²) in [5, 5.41) is 6.91. The third kappa shape index (κ3) is 4.09. The summed E-state index contributed by atoms with van der Waals surface area (Å²) in [4.78, 5) is 22.0. The molecule has 8 nitrogen and oxygen atoms in total. The highest BCUT2D eigenvalue weighted by Crippen LogP contribution is 2.08. The summed E-state index contributed by atoms with van der Waals surface area (Å²) in [7, 11) is 0. The zero-order valence-corrected chi connectivity index (χ0v) is 12.1. The molecule has 1 atom stereocenters. The molecule has 8 heteroatoms. The number of hydrogen-bond donors (Lipinski definition) is 1. The van der Waals surface area contributed by atoms with Gasteiger partial charge >= 0.3 is 0 Å². The van der Waals surface area contributed by atoms with Crippen molar-refractivity contribution in [3.05, 3.63) is 37.2 Å². The van der Waals surface area contributed by atoms with Crippen LogP contribution in [0.4, 0.5) is 5.69 Å². The van der Waals surface area contributed by atoms with Gasteiger partial charge in [-0.05, 0) is 12.1 Å². The van der Waals surface area contributed by atoms with Gasteiger partial charge in [0.2, 0.25) is 5.91 Å². The number of amides is 1. The Kier molecular flexibility index (Phi) is 4.71. The molecule has 0 aromatic carbocycles. The van der Waals surface area contributed by atoms with Crippen LogP contribution in [0.5, 0.6) is 0 Å². The van der Waals surface area contributed by atoms with Crippen LogP contribution in [0.2, 0.25) is 0 Å². The maximum Gasteiger partial charge on any atom is 0.238 e. The van der Waals surface area contributed by atoms with Gasteiger partial charge in [-0.15, -0.1) is 0 Å². The molecule has 0 unspecified atom stereocenters. The van der Waals surface area contributed by atoms with Crippen LogP contribution < -0.4 is 5.32 Å². The number of hydrogen-bond acceptors (Lipinski definition) is 6. The molecular formula is C14H18N6O2. The van der Waals surface area contributed by atoms with E-state index in [1.807, 2.05) is 6.07 Å². The van der Waals surface area contributed by atoms with E-state index in [1.165, 1.54) is 6.33 Å². The zero-order chi connectivity index (χ0) is 15.2. The van der Waals surface area contributed by atoms with Gasteiger partial charge in [-0.1, -0.05) is 0 Å². The van der Waals surface area contributed by atoms with Gasteiger partial charge in [-0.25, -0.2) is 4.98 Å². The monoisotopic (exact) mass is 302 g/mol. The molecule has 22 heavy (non-hydrogen) atoms. The van der Waals surface area contributed by atoms with E-state index in [0.717, 1.165) is 6.54 Å². The minimum atomic E-state index is -0.0468. The average Bonchev–Trinajstić information content (AvgIpc) is 3.01. The van der Waals surface area contributed by atoms with Crippen molar-refractivity contribution in [3.63, 3.8) is 0 Å². The van der Waals surface area contributed by atoms with E-state index < -0.39 is 0 Å². The molecule has 0 aliphatic carbocycles. The van der Waals surface area contributed by atoms with E-state index in [0.29, 0.717) is 31.9 Å². The van der Waals surface area contributed by atoms with Gasteiger partial charge in [-0.2, -0.15) is 5.10 Å². The van der Waals surface area contributed by atoms with E-state index in [4.69, 9.17) is 4.74 Å². The minimum Gasteiger partial charge on any atom is -0.374 e. The van der Waals surface area contributed by atoms with Gasteiger partial charge in [0.05, 0.1) is 37.7 Å². The van der Waals surface area contributed by atoms with Gasteiger partial charge < -0.3 is 10.1 Å². The quantitative estimate of drug-likeness (QED) is 0.837. The topological polar surface area (TPSA) is 85.2 Å². The Morgan fingerprint density at radius 1 is 1.45 bits per heavy atom. The van der Waals surface area contributed by atoms with Crippen molar-refractivity contribution in [2.45, 2.75) is 12.6 Å². The number of nitrogens with zero attached hydrogens (tertiary/aromatic N) is 5. The minimum absolute atomic E-state index is 0.0154. The fourth-order valence-corrected chi connectivity index (χ4v) is 2.41. The lowest BCUT2D eigenvalue weighted by molar-refractivity contribution is -0.119. The summed E-state index contributed by atoms with van der Waals surface area (Å²) >= 11 is 0. The molecule has 3 rings (SSSR count). The summed E-state index contributed by atoms with van der Waals surface area (Å²) in [6.45, 7) is 3.03. The van der Waals surface area contributed by atoms with E-state index in [2.05, 4.69) is 25.3 Å². The van der Waals surface area contributed by atoms with Crippen molar-refractivity contribution in [3.8, 4) is 0 Å². The maximum atomic E-state index is 12.1. The molecule has 1 saturated heterocycles. The third-order valence-corrected chi connectivity index (χ3v) is 3.39. The second-order valence-electron chi connectivity index (χ2n) is 5.14. The van der Waals surface area contributed by atoms with Crippen LogP contribution in [0.25, 0.3) is 0 Å². The predicted molar refractivity (Wildman–Crippen MR) is 79.1 cm³/mol. The second kappa shape index (κ2) is 7.10. The van der Waals surface area contributed by atoms with E-state index in [9.17, 15) is 4.79 Å². The largest absolute Gasteiger partial charge is 0.374 e. The normalized spacial score (nSPS) is 19.0. The molecular weight excluding hydrogens is 284 g/mol. The third-order valence-electron chi connectivity index (χ3n) is 3.39. The number of carbonyl (C=O) groups excluding carboxylic acids is 1. The smallest absolute Gasteiger partial charge is 0.238 e. The maximum absolute atomic E-state index is 12.1.